The molecule has 4 heteroatoms. The Hall–Kier alpha value is -2.01. The third kappa shape index (κ3) is 4.05. The highest BCUT2D eigenvalue weighted by molar-refractivity contribution is 5.96. The fourth-order valence-corrected chi connectivity index (χ4v) is 2.74. The van der Waals surface area contributed by atoms with Crippen LogP contribution in [0.1, 0.15) is 22.3 Å². The second-order valence-electron chi connectivity index (χ2n) is 5.69. The molecular weight excluding hydrogens is 292 g/mol. The van der Waals surface area contributed by atoms with Crippen LogP contribution in [0.5, 0.6) is 0 Å². The molecule has 2 aromatic carbocycles. The highest BCUT2D eigenvalue weighted by Gasteiger charge is 2.38. The third-order valence-electron chi connectivity index (χ3n) is 3.99. The van der Waals surface area contributed by atoms with Crippen LogP contribution in [0.3, 0.4) is 0 Å². The van der Waals surface area contributed by atoms with Gasteiger partial charge >= 0.3 is 0 Å². The van der Waals surface area contributed by atoms with Gasteiger partial charge in [0.2, 0.25) is 0 Å². The summed E-state index contributed by atoms with van der Waals surface area (Å²) in [6, 6.07) is 18.9. The van der Waals surface area contributed by atoms with Crippen LogP contribution in [-0.2, 0) is 16.1 Å². The summed E-state index contributed by atoms with van der Waals surface area (Å²) in [6.45, 7) is 0.591. The number of benzene rings is 2. The van der Waals surface area contributed by atoms with Crippen LogP contribution in [0.15, 0.2) is 60.7 Å². The predicted octanol–water partition coefficient (Wildman–Crippen LogP) is 2.60. The molecule has 1 heterocycles. The molecule has 2 aromatic rings. The molecule has 0 spiro atoms. The van der Waals surface area contributed by atoms with Crippen LogP contribution in [0.2, 0.25) is 0 Å². The van der Waals surface area contributed by atoms with E-state index in [4.69, 9.17) is 9.47 Å². The second-order valence-corrected chi connectivity index (χ2v) is 5.69. The molecule has 0 bridgehead atoms. The van der Waals surface area contributed by atoms with E-state index in [-0.39, 0.29) is 18.8 Å². The van der Waals surface area contributed by atoms with Crippen molar-refractivity contribution in [1.82, 2.24) is 0 Å². The van der Waals surface area contributed by atoms with Crippen LogP contribution in [0.4, 0.5) is 0 Å². The van der Waals surface area contributed by atoms with Crippen molar-refractivity contribution in [2.75, 3.05) is 6.61 Å². The molecule has 1 aliphatic rings. The molecule has 120 valence electrons. The molecule has 23 heavy (non-hydrogen) atoms. The summed E-state index contributed by atoms with van der Waals surface area (Å²) in [5.74, 6) is -0.00184. The van der Waals surface area contributed by atoms with Gasteiger partial charge < -0.3 is 14.6 Å². The summed E-state index contributed by atoms with van der Waals surface area (Å²) in [7, 11) is 0. The van der Waals surface area contributed by atoms with E-state index in [9.17, 15) is 9.90 Å². The van der Waals surface area contributed by atoms with E-state index >= 15 is 0 Å². The number of ether oxygens (including phenoxy) is 2. The van der Waals surface area contributed by atoms with Crippen molar-refractivity contribution in [3.63, 3.8) is 0 Å². The van der Waals surface area contributed by atoms with Crippen LogP contribution in [-0.4, -0.2) is 35.8 Å². The molecule has 0 radical (unpaired) electrons. The van der Waals surface area contributed by atoms with E-state index in [2.05, 4.69) is 0 Å². The number of hydrogen-bond donors (Lipinski definition) is 1. The van der Waals surface area contributed by atoms with Crippen LogP contribution < -0.4 is 0 Å². The number of rotatable bonds is 6. The first-order valence-corrected chi connectivity index (χ1v) is 7.77. The quantitative estimate of drug-likeness (QED) is 0.833. The smallest absolute Gasteiger partial charge is 0.165 e. The zero-order valence-corrected chi connectivity index (χ0v) is 12.8. The van der Waals surface area contributed by atoms with E-state index < -0.39 is 18.3 Å². The average molecular weight is 312 g/mol. The molecule has 0 amide bonds. The third-order valence-corrected chi connectivity index (χ3v) is 3.99. The Morgan fingerprint density at radius 2 is 1.74 bits per heavy atom. The van der Waals surface area contributed by atoms with Crippen molar-refractivity contribution < 1.29 is 19.4 Å². The number of ketones is 1. The minimum absolute atomic E-state index is 0.00184. The molecule has 1 saturated heterocycles. The predicted molar refractivity (Wildman–Crippen MR) is 86.2 cm³/mol. The van der Waals surface area contributed by atoms with Crippen LogP contribution >= 0.6 is 0 Å². The lowest BCUT2D eigenvalue weighted by Gasteiger charge is -2.20. The SMILES string of the molecule is O=C(C[C@H]1OC[C@@H](O)[C@H]1OCc1ccccc1)c1ccccc1. The van der Waals surface area contributed by atoms with Gasteiger partial charge in [0.1, 0.15) is 12.2 Å². The van der Waals surface area contributed by atoms with Crippen molar-refractivity contribution in [3.05, 3.63) is 71.8 Å². The Morgan fingerprint density at radius 1 is 1.09 bits per heavy atom. The van der Waals surface area contributed by atoms with Crippen molar-refractivity contribution in [3.8, 4) is 0 Å². The standard InChI is InChI=1S/C19H20O4/c20-16(15-9-5-2-6-10-15)11-18-19(17(21)13-22-18)23-12-14-7-3-1-4-8-14/h1-10,17-19,21H,11-13H2/t17-,18-,19-/m1/s1. The summed E-state index contributed by atoms with van der Waals surface area (Å²) in [4.78, 5) is 12.3. The van der Waals surface area contributed by atoms with Crippen molar-refractivity contribution >= 4 is 5.78 Å². The van der Waals surface area contributed by atoms with Crippen LogP contribution in [0, 0.1) is 0 Å². The molecule has 3 rings (SSSR count). The van der Waals surface area contributed by atoms with E-state index in [0.29, 0.717) is 12.2 Å². The molecule has 1 N–H and O–H groups in total. The van der Waals surface area contributed by atoms with Gasteiger partial charge in [0.25, 0.3) is 0 Å². The second kappa shape index (κ2) is 7.51. The van der Waals surface area contributed by atoms with E-state index in [1.54, 1.807) is 12.1 Å². The van der Waals surface area contributed by atoms with Gasteiger partial charge in [-0.15, -0.1) is 0 Å². The topological polar surface area (TPSA) is 55.8 Å². The fourth-order valence-electron chi connectivity index (χ4n) is 2.74. The van der Waals surface area contributed by atoms with Gasteiger partial charge in [-0.2, -0.15) is 0 Å². The minimum atomic E-state index is -0.702. The summed E-state index contributed by atoms with van der Waals surface area (Å²) in [6.07, 6.45) is -1.39. The molecule has 0 unspecified atom stereocenters. The Kier molecular flexibility index (Phi) is 5.18. The van der Waals surface area contributed by atoms with Gasteiger partial charge in [-0.1, -0.05) is 60.7 Å². The number of hydrogen-bond acceptors (Lipinski definition) is 4. The molecule has 3 atom stereocenters. The lowest BCUT2D eigenvalue weighted by Crippen LogP contribution is -2.34. The van der Waals surface area contributed by atoms with Gasteiger partial charge in [-0.05, 0) is 5.56 Å². The van der Waals surface area contributed by atoms with Gasteiger partial charge in [-0.25, -0.2) is 0 Å². The zero-order chi connectivity index (χ0) is 16.1. The molecule has 1 fully saturated rings. The monoisotopic (exact) mass is 312 g/mol. The van der Waals surface area contributed by atoms with E-state index in [1.807, 2.05) is 48.5 Å². The molecule has 4 nitrogen and oxygen atoms in total. The number of aliphatic hydroxyl groups is 1. The molecule has 0 aromatic heterocycles. The first-order chi connectivity index (χ1) is 11.2. The normalized spacial score (nSPS) is 23.8. The summed E-state index contributed by atoms with van der Waals surface area (Å²) in [5, 5.41) is 10.1. The number of carbonyl (C=O) groups is 1. The van der Waals surface area contributed by atoms with Gasteiger partial charge in [-0.3, -0.25) is 4.79 Å². The van der Waals surface area contributed by atoms with Crippen molar-refractivity contribution in [1.29, 1.82) is 0 Å². The minimum Gasteiger partial charge on any atom is -0.388 e. The summed E-state index contributed by atoms with van der Waals surface area (Å²) < 4.78 is 11.4. The lowest BCUT2D eigenvalue weighted by molar-refractivity contribution is -0.0459. The highest BCUT2D eigenvalue weighted by Crippen LogP contribution is 2.23. The Balaban J connectivity index is 1.61. The average Bonchev–Trinajstić information content (AvgIpc) is 2.94. The molecule has 0 saturated carbocycles. The van der Waals surface area contributed by atoms with Gasteiger partial charge in [0.15, 0.2) is 5.78 Å². The fraction of sp³-hybridized carbons (Fsp3) is 0.316. The molecular formula is C19H20O4. The van der Waals surface area contributed by atoms with Crippen molar-refractivity contribution in [2.45, 2.75) is 31.3 Å². The Morgan fingerprint density at radius 3 is 2.43 bits per heavy atom. The number of carbonyl (C=O) groups excluding carboxylic acids is 1. The summed E-state index contributed by atoms with van der Waals surface area (Å²) >= 11 is 0. The maximum absolute atomic E-state index is 12.3. The first kappa shape index (κ1) is 15.9. The Bertz CT molecular complexity index is 626. The van der Waals surface area contributed by atoms with Gasteiger partial charge in [0.05, 0.1) is 19.3 Å². The van der Waals surface area contributed by atoms with Gasteiger partial charge in [0, 0.05) is 12.0 Å². The van der Waals surface area contributed by atoms with E-state index in [1.165, 1.54) is 0 Å². The maximum Gasteiger partial charge on any atom is 0.165 e. The number of Topliss-reactive ketones (excluding diaryl/α,β-unsaturated/α-hetero) is 1. The number of aliphatic hydroxyl groups excluding tert-OH is 1. The largest absolute Gasteiger partial charge is 0.388 e. The maximum atomic E-state index is 12.3. The molecule has 0 aliphatic carbocycles. The van der Waals surface area contributed by atoms with Crippen LogP contribution in [0.25, 0.3) is 0 Å². The zero-order valence-electron chi connectivity index (χ0n) is 12.8. The summed E-state index contributed by atoms with van der Waals surface area (Å²) in [5.41, 5.74) is 1.68. The van der Waals surface area contributed by atoms with Crippen molar-refractivity contribution in [2.24, 2.45) is 0 Å². The highest BCUT2D eigenvalue weighted by atomic mass is 16.6. The van der Waals surface area contributed by atoms with E-state index in [0.717, 1.165) is 5.56 Å². The lowest BCUT2D eigenvalue weighted by atomic mass is 10.0. The first-order valence-electron chi connectivity index (χ1n) is 7.77. The Labute approximate surface area is 135 Å². The molecule has 1 aliphatic heterocycles.